The molecule has 1 saturated heterocycles. The van der Waals surface area contributed by atoms with Crippen LogP contribution in [-0.2, 0) is 14.3 Å². The Labute approximate surface area is 135 Å². The standard InChI is InChI=1S/C18H34O4/c1-3-4-5-6-7-8-11-16-17(22-16)12-9-10-13-18(20)21-15(2)14-19/h15-17,19H,3-14H2,1-2H3. The fourth-order valence-electron chi connectivity index (χ4n) is 2.75. The van der Waals surface area contributed by atoms with Gasteiger partial charge in [0.25, 0.3) is 0 Å². The van der Waals surface area contributed by atoms with Crippen LogP contribution in [0.1, 0.15) is 84.5 Å². The molecule has 3 atom stereocenters. The van der Waals surface area contributed by atoms with E-state index < -0.39 is 0 Å². The van der Waals surface area contributed by atoms with Crippen molar-refractivity contribution in [2.24, 2.45) is 0 Å². The van der Waals surface area contributed by atoms with Gasteiger partial charge in [0.15, 0.2) is 0 Å². The van der Waals surface area contributed by atoms with Crippen molar-refractivity contribution >= 4 is 5.97 Å². The van der Waals surface area contributed by atoms with E-state index in [4.69, 9.17) is 14.6 Å². The average Bonchev–Trinajstić information content (AvgIpc) is 3.25. The number of carbonyl (C=O) groups excluding carboxylic acids is 1. The molecule has 0 amide bonds. The number of esters is 1. The second-order valence-corrected chi connectivity index (χ2v) is 6.50. The third kappa shape index (κ3) is 9.42. The summed E-state index contributed by atoms with van der Waals surface area (Å²) < 4.78 is 10.7. The molecule has 0 aliphatic carbocycles. The molecule has 4 nitrogen and oxygen atoms in total. The van der Waals surface area contributed by atoms with Crippen LogP contribution in [-0.4, -0.2) is 36.0 Å². The van der Waals surface area contributed by atoms with E-state index >= 15 is 0 Å². The first-order valence-electron chi connectivity index (χ1n) is 9.13. The minimum atomic E-state index is -0.388. The third-order valence-corrected chi connectivity index (χ3v) is 4.24. The van der Waals surface area contributed by atoms with Crippen molar-refractivity contribution in [2.45, 2.75) is 103 Å². The van der Waals surface area contributed by atoms with Gasteiger partial charge >= 0.3 is 5.97 Å². The maximum Gasteiger partial charge on any atom is 0.306 e. The highest BCUT2D eigenvalue weighted by atomic mass is 16.6. The Morgan fingerprint density at radius 2 is 1.64 bits per heavy atom. The Morgan fingerprint density at radius 1 is 1.05 bits per heavy atom. The highest BCUT2D eigenvalue weighted by molar-refractivity contribution is 5.69. The van der Waals surface area contributed by atoms with Gasteiger partial charge in [0.1, 0.15) is 6.10 Å². The molecular weight excluding hydrogens is 280 g/mol. The molecule has 130 valence electrons. The van der Waals surface area contributed by atoms with Crippen molar-refractivity contribution in [1.82, 2.24) is 0 Å². The van der Waals surface area contributed by atoms with E-state index in [1.165, 1.54) is 44.9 Å². The summed E-state index contributed by atoms with van der Waals surface area (Å²) in [5, 5.41) is 8.80. The molecule has 1 N–H and O–H groups in total. The summed E-state index contributed by atoms with van der Waals surface area (Å²) in [5.41, 5.74) is 0. The highest BCUT2D eigenvalue weighted by Gasteiger charge is 2.36. The summed E-state index contributed by atoms with van der Waals surface area (Å²) in [6.07, 6.45) is 13.1. The molecule has 0 aromatic carbocycles. The molecule has 1 rings (SSSR count). The zero-order valence-corrected chi connectivity index (χ0v) is 14.4. The number of unbranched alkanes of at least 4 members (excludes halogenated alkanes) is 6. The Hall–Kier alpha value is -0.610. The summed E-state index contributed by atoms with van der Waals surface area (Å²) in [4.78, 5) is 11.4. The quantitative estimate of drug-likeness (QED) is 0.299. The van der Waals surface area contributed by atoms with Gasteiger partial charge in [0, 0.05) is 6.42 Å². The Kier molecular flexibility index (Phi) is 10.5. The summed E-state index contributed by atoms with van der Waals surface area (Å²) in [7, 11) is 0. The van der Waals surface area contributed by atoms with Gasteiger partial charge in [0.05, 0.1) is 18.8 Å². The van der Waals surface area contributed by atoms with E-state index in [1.807, 2.05) is 0 Å². The predicted molar refractivity (Wildman–Crippen MR) is 87.8 cm³/mol. The predicted octanol–water partition coefficient (Wildman–Crippen LogP) is 3.99. The van der Waals surface area contributed by atoms with Crippen molar-refractivity contribution in [1.29, 1.82) is 0 Å². The smallest absolute Gasteiger partial charge is 0.306 e. The number of epoxide rings is 1. The maximum atomic E-state index is 11.4. The minimum absolute atomic E-state index is 0.109. The van der Waals surface area contributed by atoms with Gasteiger partial charge in [0.2, 0.25) is 0 Å². The zero-order chi connectivity index (χ0) is 16.2. The van der Waals surface area contributed by atoms with Crippen LogP contribution in [0.4, 0.5) is 0 Å². The van der Waals surface area contributed by atoms with Gasteiger partial charge < -0.3 is 14.6 Å². The zero-order valence-electron chi connectivity index (χ0n) is 14.4. The van der Waals surface area contributed by atoms with E-state index in [0.29, 0.717) is 18.6 Å². The van der Waals surface area contributed by atoms with Gasteiger partial charge in [-0.1, -0.05) is 51.9 Å². The van der Waals surface area contributed by atoms with E-state index in [2.05, 4.69) is 6.92 Å². The highest BCUT2D eigenvalue weighted by Crippen LogP contribution is 2.31. The molecule has 4 heteroatoms. The Balaban J connectivity index is 1.86. The van der Waals surface area contributed by atoms with Crippen molar-refractivity contribution in [3.63, 3.8) is 0 Å². The molecule has 0 aromatic heterocycles. The van der Waals surface area contributed by atoms with Crippen LogP contribution < -0.4 is 0 Å². The number of ether oxygens (including phenoxy) is 2. The number of carbonyl (C=O) groups is 1. The number of aliphatic hydroxyl groups is 1. The molecule has 1 aliphatic rings. The van der Waals surface area contributed by atoms with Crippen molar-refractivity contribution in [3.8, 4) is 0 Å². The molecular formula is C18H34O4. The first kappa shape index (κ1) is 19.4. The lowest BCUT2D eigenvalue weighted by Crippen LogP contribution is -2.18. The molecule has 0 bridgehead atoms. The second-order valence-electron chi connectivity index (χ2n) is 6.50. The van der Waals surface area contributed by atoms with Crippen LogP contribution in [0.25, 0.3) is 0 Å². The van der Waals surface area contributed by atoms with Crippen molar-refractivity contribution in [3.05, 3.63) is 0 Å². The first-order valence-corrected chi connectivity index (χ1v) is 9.13. The molecule has 0 radical (unpaired) electrons. The lowest BCUT2D eigenvalue weighted by molar-refractivity contribution is -0.150. The fourth-order valence-corrected chi connectivity index (χ4v) is 2.75. The van der Waals surface area contributed by atoms with Crippen LogP contribution in [0.15, 0.2) is 0 Å². The van der Waals surface area contributed by atoms with Crippen LogP contribution >= 0.6 is 0 Å². The van der Waals surface area contributed by atoms with Crippen molar-refractivity contribution < 1.29 is 19.4 Å². The number of aliphatic hydroxyl groups excluding tert-OH is 1. The summed E-state index contributed by atoms with van der Waals surface area (Å²) in [6.45, 7) is 3.83. The monoisotopic (exact) mass is 314 g/mol. The van der Waals surface area contributed by atoms with Gasteiger partial charge in [-0.25, -0.2) is 0 Å². The van der Waals surface area contributed by atoms with E-state index in [0.717, 1.165) is 19.3 Å². The lowest BCUT2D eigenvalue weighted by Gasteiger charge is -2.09. The second kappa shape index (κ2) is 11.9. The minimum Gasteiger partial charge on any atom is -0.460 e. The largest absolute Gasteiger partial charge is 0.460 e. The molecule has 1 aliphatic heterocycles. The van der Waals surface area contributed by atoms with Crippen LogP contribution in [0.5, 0.6) is 0 Å². The SMILES string of the molecule is CCCCCCCCC1OC1CCCCC(=O)OC(C)CO. The molecule has 0 spiro atoms. The van der Waals surface area contributed by atoms with E-state index in [9.17, 15) is 4.79 Å². The average molecular weight is 314 g/mol. The van der Waals surface area contributed by atoms with Gasteiger partial charge in [-0.2, -0.15) is 0 Å². The first-order chi connectivity index (χ1) is 10.7. The third-order valence-electron chi connectivity index (χ3n) is 4.24. The number of hydrogen-bond acceptors (Lipinski definition) is 4. The summed E-state index contributed by atoms with van der Waals surface area (Å²) in [6, 6.07) is 0. The summed E-state index contributed by atoms with van der Waals surface area (Å²) >= 11 is 0. The molecule has 3 unspecified atom stereocenters. The van der Waals surface area contributed by atoms with E-state index in [1.54, 1.807) is 6.92 Å². The number of rotatable bonds is 14. The Morgan fingerprint density at radius 3 is 2.27 bits per heavy atom. The molecule has 1 fully saturated rings. The maximum absolute atomic E-state index is 11.4. The molecule has 0 aromatic rings. The van der Waals surface area contributed by atoms with Crippen LogP contribution in [0.2, 0.25) is 0 Å². The molecule has 1 heterocycles. The Bertz CT molecular complexity index is 293. The van der Waals surface area contributed by atoms with Crippen LogP contribution in [0, 0.1) is 0 Å². The van der Waals surface area contributed by atoms with Crippen molar-refractivity contribution in [2.75, 3.05) is 6.61 Å². The van der Waals surface area contributed by atoms with Gasteiger partial charge in [-0.05, 0) is 26.2 Å². The van der Waals surface area contributed by atoms with Gasteiger partial charge in [-0.3, -0.25) is 4.79 Å². The van der Waals surface area contributed by atoms with Gasteiger partial charge in [-0.15, -0.1) is 0 Å². The normalized spacial score (nSPS) is 21.6. The molecule has 22 heavy (non-hydrogen) atoms. The molecule has 0 saturated carbocycles. The number of hydrogen-bond donors (Lipinski definition) is 1. The van der Waals surface area contributed by atoms with Crippen LogP contribution in [0.3, 0.4) is 0 Å². The summed E-state index contributed by atoms with van der Waals surface area (Å²) in [5.74, 6) is -0.207. The fraction of sp³-hybridized carbons (Fsp3) is 0.944. The lowest BCUT2D eigenvalue weighted by atomic mass is 10.0. The van der Waals surface area contributed by atoms with E-state index in [-0.39, 0.29) is 18.7 Å². The topological polar surface area (TPSA) is 59.1 Å².